The number of fused-ring (bicyclic) bond motifs is 2. The number of hydrogen-bond donors (Lipinski definition) is 9. The molecule has 2 aliphatic heterocycles. The third-order valence-corrected chi connectivity index (χ3v) is 11.3. The maximum atomic E-state index is 14.7. The first-order valence-corrected chi connectivity index (χ1v) is 21.9. The van der Waals surface area contributed by atoms with Crippen molar-refractivity contribution in [1.82, 2.24) is 31.1 Å². The molecule has 0 aliphatic carbocycles. The molecule has 2 fully saturated rings. The van der Waals surface area contributed by atoms with Gasteiger partial charge < -0.3 is 57.5 Å². The van der Waals surface area contributed by atoms with Gasteiger partial charge in [-0.15, -0.1) is 0 Å². The Morgan fingerprint density at radius 3 is 2.24 bits per heavy atom. The van der Waals surface area contributed by atoms with E-state index in [1.165, 1.54) is 14.0 Å². The van der Waals surface area contributed by atoms with Crippen LogP contribution in [0.4, 0.5) is 0 Å². The molecule has 2 aliphatic rings. The summed E-state index contributed by atoms with van der Waals surface area (Å²) in [5, 5.41) is 31.6. The molecule has 2 saturated heterocycles. The van der Waals surface area contributed by atoms with Crippen molar-refractivity contribution >= 4 is 57.8 Å². The van der Waals surface area contributed by atoms with Gasteiger partial charge in [-0.05, 0) is 50.0 Å². The summed E-state index contributed by atoms with van der Waals surface area (Å²) in [6, 6.07) is -0.175. The van der Waals surface area contributed by atoms with Crippen LogP contribution in [0.15, 0.2) is 35.3 Å². The quantitative estimate of drug-likeness (QED) is 0.0299. The molecular formula is C39H61N9O14S. The Bertz CT molecular complexity index is 1930. The largest absolute Gasteiger partial charge is 0.458 e. The Morgan fingerprint density at radius 1 is 1.00 bits per heavy atom. The second-order valence-electron chi connectivity index (χ2n) is 15.9. The summed E-state index contributed by atoms with van der Waals surface area (Å²) in [4.78, 5) is 105. The number of nitrogens with zero attached hydrogens (tertiary/aromatic N) is 3. The number of rotatable bonds is 14. The highest BCUT2D eigenvalue weighted by atomic mass is 32.3. The molecule has 10 atom stereocenters. The van der Waals surface area contributed by atoms with Crippen LogP contribution in [-0.4, -0.2) is 155 Å². The van der Waals surface area contributed by atoms with Crippen LogP contribution in [0.3, 0.4) is 0 Å². The standard InChI is InChI=1S/C39H61N9O14S/c1-7-21(4)31-37(56)47(6)26(18-23-12-9-8-10-13-23)33(52)45-29(20(2)3)38(57)62-22(5)30(46-34(53)27(49)19-61-63(58,59)60)35(54)43-24(14-11-17-42-39(40)41)32(51)44-25-15-16-28(50)48(31)36(25)55/h8-10,12-13,20-22,24-31,49-50H,7,11,14-19H2,1-6H3,(H,43,54)(H,44,51)(H,45,52)(H,46,53)(H4,40,41,42)(H,58,59,60)/t21-,22+,24-,25-,26-,27+,28+,29-,30-,31-/m0/s1. The van der Waals surface area contributed by atoms with Crippen LogP contribution in [0.2, 0.25) is 0 Å². The average Bonchev–Trinajstić information content (AvgIpc) is 3.21. The van der Waals surface area contributed by atoms with Gasteiger partial charge in [0.05, 0.1) is 0 Å². The molecule has 24 heteroatoms. The Hall–Kier alpha value is -5.43. The first-order valence-electron chi connectivity index (χ1n) is 20.5. The van der Waals surface area contributed by atoms with E-state index in [0.29, 0.717) is 12.0 Å². The zero-order valence-corrected chi connectivity index (χ0v) is 36.9. The van der Waals surface area contributed by atoms with Gasteiger partial charge >= 0.3 is 16.4 Å². The number of nitrogens with two attached hydrogens (primary N) is 2. The molecule has 2 bridgehead atoms. The maximum absolute atomic E-state index is 14.7. The second-order valence-corrected chi connectivity index (χ2v) is 17.0. The summed E-state index contributed by atoms with van der Waals surface area (Å²) in [6.07, 6.45) is -5.41. The van der Waals surface area contributed by atoms with E-state index in [2.05, 4.69) is 30.4 Å². The molecule has 11 N–H and O–H groups in total. The second kappa shape index (κ2) is 23.3. The number of likely N-dealkylation sites (N-methyl/N-ethyl adjacent to an activating group) is 1. The molecule has 3 rings (SSSR count). The minimum absolute atomic E-state index is 0.0156. The summed E-state index contributed by atoms with van der Waals surface area (Å²) in [5.74, 6) is -8.48. The summed E-state index contributed by atoms with van der Waals surface area (Å²) in [6.45, 7) is 6.51. The zero-order chi connectivity index (χ0) is 47.3. The lowest BCUT2D eigenvalue weighted by Gasteiger charge is -2.44. The van der Waals surface area contributed by atoms with E-state index in [9.17, 15) is 52.2 Å². The van der Waals surface area contributed by atoms with E-state index in [-0.39, 0.29) is 44.6 Å². The van der Waals surface area contributed by atoms with Gasteiger partial charge in [0.2, 0.25) is 29.5 Å². The fraction of sp³-hybridized carbons (Fsp3) is 0.641. The van der Waals surface area contributed by atoms with E-state index < -0.39 is 125 Å². The Kier molecular flexibility index (Phi) is 19.2. The number of cyclic esters (lactones) is 1. The summed E-state index contributed by atoms with van der Waals surface area (Å²) in [5.41, 5.74) is 11.5. The molecule has 0 radical (unpaired) electrons. The van der Waals surface area contributed by atoms with Gasteiger partial charge in [0.15, 0.2) is 12.1 Å². The number of aliphatic hydroxyl groups excluding tert-OH is 2. The van der Waals surface area contributed by atoms with Crippen LogP contribution in [0.1, 0.15) is 72.3 Å². The molecule has 6 amide bonds. The van der Waals surface area contributed by atoms with Crippen LogP contribution >= 0.6 is 0 Å². The number of nitrogens with one attached hydrogen (secondary N) is 4. The lowest BCUT2D eigenvalue weighted by atomic mass is 9.91. The predicted octanol–water partition coefficient (Wildman–Crippen LogP) is -2.81. The Morgan fingerprint density at radius 2 is 1.65 bits per heavy atom. The number of esters is 1. The third-order valence-electron chi connectivity index (χ3n) is 10.9. The topological polar surface area (TPSA) is 352 Å². The van der Waals surface area contributed by atoms with E-state index in [1.54, 1.807) is 58.0 Å². The molecule has 352 valence electrons. The van der Waals surface area contributed by atoms with Gasteiger partial charge in [-0.3, -0.25) is 38.3 Å². The van der Waals surface area contributed by atoms with Gasteiger partial charge in [0, 0.05) is 20.0 Å². The minimum atomic E-state index is -5.11. The van der Waals surface area contributed by atoms with E-state index in [1.807, 2.05) is 0 Å². The number of amides is 6. The van der Waals surface area contributed by atoms with Crippen molar-refractivity contribution in [2.75, 3.05) is 20.2 Å². The van der Waals surface area contributed by atoms with Gasteiger partial charge in [0.1, 0.15) is 55.2 Å². The van der Waals surface area contributed by atoms with Gasteiger partial charge in [-0.2, -0.15) is 8.42 Å². The smallest absolute Gasteiger partial charge is 0.397 e. The molecule has 0 unspecified atom stereocenters. The molecule has 0 saturated carbocycles. The molecule has 2 heterocycles. The fourth-order valence-corrected chi connectivity index (χ4v) is 7.38. The van der Waals surface area contributed by atoms with E-state index >= 15 is 0 Å². The molecule has 63 heavy (non-hydrogen) atoms. The number of aliphatic hydroxyl groups is 2. The fourth-order valence-electron chi connectivity index (χ4n) is 7.08. The lowest BCUT2D eigenvalue weighted by Crippen LogP contribution is -2.66. The van der Waals surface area contributed by atoms with Crippen molar-refractivity contribution in [3.05, 3.63) is 35.9 Å². The Labute approximate surface area is 366 Å². The highest BCUT2D eigenvalue weighted by molar-refractivity contribution is 7.80. The van der Waals surface area contributed by atoms with Crippen molar-refractivity contribution in [1.29, 1.82) is 0 Å². The number of piperidine rings is 1. The van der Waals surface area contributed by atoms with Crippen molar-refractivity contribution in [2.45, 2.75) is 128 Å². The number of benzene rings is 1. The number of aliphatic imine (C=N–C) groups is 1. The molecule has 1 aromatic carbocycles. The summed E-state index contributed by atoms with van der Waals surface area (Å²) in [7, 11) is -3.75. The molecule has 1 aromatic rings. The van der Waals surface area contributed by atoms with Crippen LogP contribution in [-0.2, 0) is 59.3 Å². The maximum Gasteiger partial charge on any atom is 0.397 e. The average molecular weight is 912 g/mol. The Balaban J connectivity index is 2.22. The van der Waals surface area contributed by atoms with Crippen LogP contribution in [0.25, 0.3) is 0 Å². The SMILES string of the molecule is CC[C@H](C)[C@H]1C(=O)N(C)[C@@H](Cc2ccccc2)C(=O)N[C@@H](C(C)C)C(=O)O[C@H](C)[C@H](NC(=O)[C@H](O)COS(=O)(=O)O)C(=O)N[C@@H](CCCN=C(N)N)C(=O)N[C@H]2CC[C@@H](O)N1C2=O. The van der Waals surface area contributed by atoms with Crippen LogP contribution in [0.5, 0.6) is 0 Å². The first-order chi connectivity index (χ1) is 29.5. The van der Waals surface area contributed by atoms with Crippen molar-refractivity contribution in [3.8, 4) is 0 Å². The summed E-state index contributed by atoms with van der Waals surface area (Å²) >= 11 is 0. The highest BCUT2D eigenvalue weighted by Crippen LogP contribution is 2.28. The first kappa shape index (κ1) is 51.9. The predicted molar refractivity (Wildman–Crippen MR) is 224 cm³/mol. The molecule has 0 spiro atoms. The molecular weight excluding hydrogens is 851 g/mol. The molecule has 23 nitrogen and oxygen atoms in total. The zero-order valence-electron chi connectivity index (χ0n) is 36.1. The normalized spacial score (nSPS) is 26.8. The lowest BCUT2D eigenvalue weighted by molar-refractivity contribution is -0.168. The number of carbonyl (C=O) groups excluding carboxylic acids is 7. The van der Waals surface area contributed by atoms with Gasteiger partial charge in [-0.1, -0.05) is 64.4 Å². The number of carbonyl (C=O) groups is 7. The van der Waals surface area contributed by atoms with Crippen molar-refractivity contribution in [3.63, 3.8) is 0 Å². The summed E-state index contributed by atoms with van der Waals surface area (Å²) < 4.78 is 40.9. The monoisotopic (exact) mass is 911 g/mol. The third kappa shape index (κ3) is 14.8. The van der Waals surface area contributed by atoms with Crippen molar-refractivity contribution in [2.24, 2.45) is 28.3 Å². The van der Waals surface area contributed by atoms with Gasteiger partial charge in [0.25, 0.3) is 5.91 Å². The number of ether oxygens (including phenoxy) is 1. The highest BCUT2D eigenvalue weighted by Gasteiger charge is 2.47. The van der Waals surface area contributed by atoms with E-state index in [4.69, 9.17) is 20.8 Å². The van der Waals surface area contributed by atoms with Crippen LogP contribution < -0.4 is 32.7 Å². The molecule has 0 aromatic heterocycles. The minimum Gasteiger partial charge on any atom is -0.458 e. The number of hydrogen-bond acceptors (Lipinski definition) is 14. The number of guanidine groups is 1. The van der Waals surface area contributed by atoms with E-state index in [0.717, 1.165) is 9.80 Å². The van der Waals surface area contributed by atoms with Crippen LogP contribution in [0, 0.1) is 11.8 Å². The van der Waals surface area contributed by atoms with Gasteiger partial charge in [-0.25, -0.2) is 8.98 Å². The van der Waals surface area contributed by atoms with Crippen molar-refractivity contribution < 1.29 is 65.7 Å².